The van der Waals surface area contributed by atoms with Crippen LogP contribution in [0.3, 0.4) is 0 Å². The van der Waals surface area contributed by atoms with Crippen LogP contribution in [0.25, 0.3) is 0 Å². The molecule has 6 nitrogen and oxygen atoms in total. The van der Waals surface area contributed by atoms with Gasteiger partial charge in [-0.1, -0.05) is 0 Å². The molecule has 2 rings (SSSR count). The van der Waals surface area contributed by atoms with Crippen LogP contribution in [0, 0.1) is 0 Å². The van der Waals surface area contributed by atoms with E-state index >= 15 is 0 Å². The SMILES string of the molecule is NC(=O)c1cccnc1N1C(=O)CCC1=O. The quantitative estimate of drug-likeness (QED) is 0.699. The van der Waals surface area contributed by atoms with Crippen molar-refractivity contribution in [1.82, 2.24) is 4.98 Å². The van der Waals surface area contributed by atoms with Gasteiger partial charge in [0.25, 0.3) is 5.91 Å². The third kappa shape index (κ3) is 1.54. The third-order valence-corrected chi connectivity index (χ3v) is 2.32. The van der Waals surface area contributed by atoms with E-state index in [0.717, 1.165) is 4.90 Å². The summed E-state index contributed by atoms with van der Waals surface area (Å²) in [5, 5.41) is 0. The fourth-order valence-corrected chi connectivity index (χ4v) is 1.58. The zero-order valence-corrected chi connectivity index (χ0v) is 8.34. The van der Waals surface area contributed by atoms with Crippen LogP contribution in [0.2, 0.25) is 0 Å². The molecule has 0 radical (unpaired) electrons. The van der Waals surface area contributed by atoms with Gasteiger partial charge in [0.1, 0.15) is 0 Å². The number of nitrogens with zero attached hydrogens (tertiary/aromatic N) is 2. The number of primary amides is 1. The maximum atomic E-state index is 11.5. The molecule has 0 bridgehead atoms. The van der Waals surface area contributed by atoms with E-state index < -0.39 is 5.91 Å². The first kappa shape index (κ1) is 10.3. The van der Waals surface area contributed by atoms with Gasteiger partial charge in [0.05, 0.1) is 5.56 Å². The molecule has 0 aromatic carbocycles. The molecule has 1 aromatic heterocycles. The lowest BCUT2D eigenvalue weighted by Gasteiger charge is -2.14. The number of rotatable bonds is 2. The van der Waals surface area contributed by atoms with E-state index in [-0.39, 0.29) is 36.0 Å². The summed E-state index contributed by atoms with van der Waals surface area (Å²) in [5.74, 6) is -1.39. The van der Waals surface area contributed by atoms with Crippen molar-refractivity contribution in [3.05, 3.63) is 23.9 Å². The van der Waals surface area contributed by atoms with Crippen molar-refractivity contribution >= 4 is 23.5 Å². The number of aromatic nitrogens is 1. The lowest BCUT2D eigenvalue weighted by atomic mass is 10.2. The van der Waals surface area contributed by atoms with E-state index in [2.05, 4.69) is 4.98 Å². The number of carbonyl (C=O) groups excluding carboxylic acids is 3. The molecule has 82 valence electrons. The van der Waals surface area contributed by atoms with E-state index in [4.69, 9.17) is 5.73 Å². The van der Waals surface area contributed by atoms with Gasteiger partial charge in [0, 0.05) is 19.0 Å². The largest absolute Gasteiger partial charge is 0.365 e. The molecule has 2 heterocycles. The first-order valence-electron chi connectivity index (χ1n) is 4.72. The van der Waals surface area contributed by atoms with Crippen LogP contribution in [0.15, 0.2) is 18.3 Å². The molecule has 0 unspecified atom stereocenters. The van der Waals surface area contributed by atoms with Crippen LogP contribution in [-0.4, -0.2) is 22.7 Å². The number of anilines is 1. The maximum Gasteiger partial charge on any atom is 0.252 e. The second-order valence-electron chi connectivity index (χ2n) is 3.36. The van der Waals surface area contributed by atoms with Crippen LogP contribution >= 0.6 is 0 Å². The highest BCUT2D eigenvalue weighted by molar-refractivity contribution is 6.21. The molecule has 1 aromatic rings. The monoisotopic (exact) mass is 219 g/mol. The number of pyridine rings is 1. The first-order chi connectivity index (χ1) is 7.61. The van der Waals surface area contributed by atoms with E-state index in [1.807, 2.05) is 0 Å². The Kier molecular flexibility index (Phi) is 2.40. The lowest BCUT2D eigenvalue weighted by Crippen LogP contribution is -2.32. The minimum atomic E-state index is -0.712. The Balaban J connectivity index is 2.51. The highest BCUT2D eigenvalue weighted by atomic mass is 16.2. The van der Waals surface area contributed by atoms with Gasteiger partial charge in [0.15, 0.2) is 5.82 Å². The summed E-state index contributed by atoms with van der Waals surface area (Å²) >= 11 is 0. The molecule has 0 aliphatic carbocycles. The summed E-state index contributed by atoms with van der Waals surface area (Å²) in [7, 11) is 0. The van der Waals surface area contributed by atoms with Gasteiger partial charge >= 0.3 is 0 Å². The number of nitrogens with two attached hydrogens (primary N) is 1. The van der Waals surface area contributed by atoms with Crippen molar-refractivity contribution in [1.29, 1.82) is 0 Å². The van der Waals surface area contributed by atoms with Gasteiger partial charge in [-0.3, -0.25) is 14.4 Å². The predicted octanol–water partition coefficient (Wildman–Crippen LogP) is -0.166. The van der Waals surface area contributed by atoms with E-state index in [1.54, 1.807) is 0 Å². The summed E-state index contributed by atoms with van der Waals surface area (Å²) in [5.41, 5.74) is 5.22. The minimum absolute atomic E-state index is 0.0301. The molecule has 16 heavy (non-hydrogen) atoms. The Bertz CT molecular complexity index is 468. The molecule has 0 saturated carbocycles. The van der Waals surface area contributed by atoms with Crippen LogP contribution in [0.4, 0.5) is 5.82 Å². The summed E-state index contributed by atoms with van der Waals surface area (Å²) in [6, 6.07) is 2.96. The van der Waals surface area contributed by atoms with E-state index in [1.165, 1.54) is 18.3 Å². The standard InChI is InChI=1S/C10H9N3O3/c11-9(16)6-2-1-5-12-10(6)13-7(14)3-4-8(13)15/h1-2,5H,3-4H2,(H2,11,16). The molecule has 0 spiro atoms. The summed E-state index contributed by atoms with van der Waals surface area (Å²) < 4.78 is 0. The molecular weight excluding hydrogens is 210 g/mol. The number of carbonyl (C=O) groups is 3. The highest BCUT2D eigenvalue weighted by Crippen LogP contribution is 2.23. The summed E-state index contributed by atoms with van der Waals surface area (Å²) in [6.45, 7) is 0. The predicted molar refractivity (Wildman–Crippen MR) is 54.5 cm³/mol. The van der Waals surface area contributed by atoms with E-state index in [0.29, 0.717) is 0 Å². The Morgan fingerprint density at radius 1 is 1.31 bits per heavy atom. The van der Waals surface area contributed by atoms with Crippen molar-refractivity contribution in [2.75, 3.05) is 4.90 Å². The number of hydrogen-bond acceptors (Lipinski definition) is 4. The maximum absolute atomic E-state index is 11.5. The molecular formula is C10H9N3O3. The second-order valence-corrected chi connectivity index (χ2v) is 3.36. The van der Waals surface area contributed by atoms with Gasteiger partial charge in [-0.2, -0.15) is 0 Å². The smallest absolute Gasteiger partial charge is 0.252 e. The fourth-order valence-electron chi connectivity index (χ4n) is 1.58. The highest BCUT2D eigenvalue weighted by Gasteiger charge is 2.33. The van der Waals surface area contributed by atoms with Crippen LogP contribution in [0.5, 0.6) is 0 Å². The first-order valence-corrected chi connectivity index (χ1v) is 4.72. The molecule has 1 aliphatic heterocycles. The van der Waals surface area contributed by atoms with Crippen molar-refractivity contribution < 1.29 is 14.4 Å². The van der Waals surface area contributed by atoms with Gasteiger partial charge in [-0.15, -0.1) is 0 Å². The number of amides is 3. The Hall–Kier alpha value is -2.24. The topological polar surface area (TPSA) is 93.4 Å². The van der Waals surface area contributed by atoms with Gasteiger partial charge in [0.2, 0.25) is 11.8 Å². The summed E-state index contributed by atoms with van der Waals surface area (Å²) in [6.07, 6.45) is 1.70. The lowest BCUT2D eigenvalue weighted by molar-refractivity contribution is -0.121. The van der Waals surface area contributed by atoms with Gasteiger partial charge in [-0.25, -0.2) is 9.88 Å². The van der Waals surface area contributed by atoms with Gasteiger partial charge in [-0.05, 0) is 12.1 Å². The Morgan fingerprint density at radius 2 is 1.94 bits per heavy atom. The van der Waals surface area contributed by atoms with Crippen LogP contribution in [-0.2, 0) is 9.59 Å². The Labute approximate surface area is 91.1 Å². The second kappa shape index (κ2) is 3.73. The zero-order chi connectivity index (χ0) is 11.7. The minimum Gasteiger partial charge on any atom is -0.365 e. The summed E-state index contributed by atoms with van der Waals surface area (Å²) in [4.78, 5) is 38.9. The molecule has 1 aliphatic rings. The van der Waals surface area contributed by atoms with Gasteiger partial charge < -0.3 is 5.73 Å². The number of imide groups is 1. The van der Waals surface area contributed by atoms with Crippen LogP contribution < -0.4 is 10.6 Å². The number of hydrogen-bond donors (Lipinski definition) is 1. The normalized spacial score (nSPS) is 15.6. The average Bonchev–Trinajstić information content (AvgIpc) is 2.58. The van der Waals surface area contributed by atoms with Crippen molar-refractivity contribution in [2.24, 2.45) is 5.73 Å². The van der Waals surface area contributed by atoms with Crippen molar-refractivity contribution in [3.8, 4) is 0 Å². The van der Waals surface area contributed by atoms with E-state index in [9.17, 15) is 14.4 Å². The molecule has 0 atom stereocenters. The van der Waals surface area contributed by atoms with Crippen molar-refractivity contribution in [2.45, 2.75) is 12.8 Å². The molecule has 1 fully saturated rings. The molecule has 3 amide bonds. The zero-order valence-electron chi connectivity index (χ0n) is 8.34. The third-order valence-electron chi connectivity index (χ3n) is 2.32. The molecule has 6 heteroatoms. The van der Waals surface area contributed by atoms with Crippen molar-refractivity contribution in [3.63, 3.8) is 0 Å². The molecule has 1 saturated heterocycles. The fraction of sp³-hybridized carbons (Fsp3) is 0.200. The average molecular weight is 219 g/mol. The Morgan fingerprint density at radius 3 is 2.50 bits per heavy atom. The van der Waals surface area contributed by atoms with Crippen LogP contribution in [0.1, 0.15) is 23.2 Å². The molecule has 2 N–H and O–H groups in total.